The molecule has 112 valence electrons. The van der Waals surface area contributed by atoms with Crippen molar-refractivity contribution in [2.24, 2.45) is 7.05 Å². The Morgan fingerprint density at radius 2 is 2.00 bits per heavy atom. The van der Waals surface area contributed by atoms with Crippen molar-refractivity contribution >= 4 is 12.0 Å². The van der Waals surface area contributed by atoms with Crippen LogP contribution in [-0.4, -0.2) is 38.4 Å². The Hall–Kier alpha value is -2.12. The number of nitrogens with one attached hydrogen (secondary N) is 2. The molecule has 1 rings (SSSR count). The number of carboxylic acids is 1. The van der Waals surface area contributed by atoms with Gasteiger partial charge >= 0.3 is 12.0 Å². The van der Waals surface area contributed by atoms with Gasteiger partial charge < -0.3 is 20.3 Å². The van der Waals surface area contributed by atoms with E-state index in [4.69, 9.17) is 5.11 Å². The summed E-state index contributed by atoms with van der Waals surface area (Å²) in [7, 11) is 1.81. The zero-order valence-corrected chi connectivity index (χ0v) is 11.6. The maximum absolute atomic E-state index is 11.5. The number of unbranched alkanes of at least 4 members (excludes halogenated alkanes) is 3. The third-order valence-corrected chi connectivity index (χ3v) is 2.82. The molecule has 0 aliphatic carbocycles. The van der Waals surface area contributed by atoms with E-state index < -0.39 is 5.97 Å². The molecule has 0 aromatic carbocycles. The van der Waals surface area contributed by atoms with Gasteiger partial charge in [-0.15, -0.1) is 10.2 Å². The lowest BCUT2D eigenvalue weighted by Gasteiger charge is -2.07. The average Bonchev–Trinajstić information content (AvgIpc) is 2.80. The number of urea groups is 1. The highest BCUT2D eigenvalue weighted by atomic mass is 16.4. The molecule has 1 aromatic heterocycles. The summed E-state index contributed by atoms with van der Waals surface area (Å²) in [5.74, 6) is -0.0694. The fourth-order valence-electron chi connectivity index (χ4n) is 1.65. The van der Waals surface area contributed by atoms with E-state index in [9.17, 15) is 9.59 Å². The van der Waals surface area contributed by atoms with Crippen molar-refractivity contribution in [3.05, 3.63) is 12.2 Å². The van der Waals surface area contributed by atoms with E-state index in [0.717, 1.165) is 19.3 Å². The van der Waals surface area contributed by atoms with Gasteiger partial charge in [0.15, 0.2) is 5.82 Å². The van der Waals surface area contributed by atoms with E-state index in [1.54, 1.807) is 10.9 Å². The van der Waals surface area contributed by atoms with Gasteiger partial charge in [-0.25, -0.2) is 4.79 Å². The van der Waals surface area contributed by atoms with Gasteiger partial charge in [0.1, 0.15) is 6.33 Å². The number of carboxylic acid groups (broad SMARTS) is 1. The molecule has 0 aliphatic heterocycles. The molecule has 8 heteroatoms. The molecule has 1 heterocycles. The summed E-state index contributed by atoms with van der Waals surface area (Å²) < 4.78 is 1.74. The fourth-order valence-corrected chi connectivity index (χ4v) is 1.65. The van der Waals surface area contributed by atoms with Crippen molar-refractivity contribution in [1.82, 2.24) is 25.4 Å². The summed E-state index contributed by atoms with van der Waals surface area (Å²) in [5.41, 5.74) is 0. The smallest absolute Gasteiger partial charge is 0.315 e. The van der Waals surface area contributed by atoms with E-state index in [1.807, 2.05) is 7.05 Å². The van der Waals surface area contributed by atoms with Crippen LogP contribution < -0.4 is 10.6 Å². The molecule has 8 nitrogen and oxygen atoms in total. The van der Waals surface area contributed by atoms with Crippen molar-refractivity contribution in [3.63, 3.8) is 0 Å². The fraction of sp³-hybridized carbons (Fsp3) is 0.667. The van der Waals surface area contributed by atoms with Crippen LogP contribution in [0.4, 0.5) is 4.79 Å². The van der Waals surface area contributed by atoms with Crippen LogP contribution in [0.25, 0.3) is 0 Å². The maximum Gasteiger partial charge on any atom is 0.315 e. The van der Waals surface area contributed by atoms with Crippen molar-refractivity contribution in [3.8, 4) is 0 Å². The first-order chi connectivity index (χ1) is 9.59. The molecule has 0 bridgehead atoms. The first kappa shape index (κ1) is 15.9. The van der Waals surface area contributed by atoms with Crippen molar-refractivity contribution in [1.29, 1.82) is 0 Å². The number of carbonyl (C=O) groups excluding carboxylic acids is 1. The Kier molecular flexibility index (Phi) is 7.08. The zero-order chi connectivity index (χ0) is 14.8. The summed E-state index contributed by atoms with van der Waals surface area (Å²) in [4.78, 5) is 21.8. The second kappa shape index (κ2) is 8.89. The summed E-state index contributed by atoms with van der Waals surface area (Å²) in [6.07, 6.45) is 5.10. The third kappa shape index (κ3) is 6.72. The van der Waals surface area contributed by atoms with Crippen LogP contribution >= 0.6 is 0 Å². The number of nitrogens with zero attached hydrogens (tertiary/aromatic N) is 3. The molecule has 20 heavy (non-hydrogen) atoms. The Morgan fingerprint density at radius 3 is 2.65 bits per heavy atom. The molecule has 0 aliphatic rings. The lowest BCUT2D eigenvalue weighted by atomic mass is 10.1. The summed E-state index contributed by atoms with van der Waals surface area (Å²) in [6.45, 7) is 0.915. The van der Waals surface area contributed by atoms with E-state index >= 15 is 0 Å². The van der Waals surface area contributed by atoms with Gasteiger partial charge in [-0.1, -0.05) is 12.8 Å². The van der Waals surface area contributed by atoms with Crippen molar-refractivity contribution < 1.29 is 14.7 Å². The van der Waals surface area contributed by atoms with Gasteiger partial charge in [0.25, 0.3) is 0 Å². The quantitative estimate of drug-likeness (QED) is 0.576. The number of amides is 2. The van der Waals surface area contributed by atoms with Crippen LogP contribution in [0, 0.1) is 0 Å². The Morgan fingerprint density at radius 1 is 1.25 bits per heavy atom. The van der Waals surface area contributed by atoms with Gasteiger partial charge in [0.2, 0.25) is 0 Å². The molecular weight excluding hydrogens is 262 g/mol. The molecule has 0 radical (unpaired) electrons. The molecule has 0 unspecified atom stereocenters. The minimum Gasteiger partial charge on any atom is -0.481 e. The van der Waals surface area contributed by atoms with Crippen molar-refractivity contribution in [2.45, 2.75) is 38.6 Å². The topological polar surface area (TPSA) is 109 Å². The largest absolute Gasteiger partial charge is 0.481 e. The summed E-state index contributed by atoms with van der Waals surface area (Å²) in [6, 6.07) is -0.237. The highest BCUT2D eigenvalue weighted by Gasteiger charge is 2.03. The number of hydrogen-bond donors (Lipinski definition) is 3. The predicted octanol–water partition coefficient (Wildman–Crippen LogP) is 0.649. The van der Waals surface area contributed by atoms with Gasteiger partial charge in [-0.2, -0.15) is 0 Å². The molecule has 0 fully saturated rings. The third-order valence-electron chi connectivity index (χ3n) is 2.82. The van der Waals surface area contributed by atoms with Gasteiger partial charge in [-0.05, 0) is 12.8 Å². The minimum atomic E-state index is -0.758. The van der Waals surface area contributed by atoms with Gasteiger partial charge in [0.05, 0.1) is 6.54 Å². The molecule has 0 atom stereocenters. The van der Waals surface area contributed by atoms with Crippen LogP contribution in [0.5, 0.6) is 0 Å². The van der Waals surface area contributed by atoms with Crippen LogP contribution in [-0.2, 0) is 18.4 Å². The molecule has 0 spiro atoms. The van der Waals surface area contributed by atoms with Crippen LogP contribution in [0.1, 0.15) is 37.9 Å². The normalized spacial score (nSPS) is 10.2. The molecule has 1 aromatic rings. The van der Waals surface area contributed by atoms with Gasteiger partial charge in [0, 0.05) is 20.0 Å². The Labute approximate surface area is 117 Å². The lowest BCUT2D eigenvalue weighted by molar-refractivity contribution is -0.137. The predicted molar refractivity (Wildman–Crippen MR) is 72.0 cm³/mol. The lowest BCUT2D eigenvalue weighted by Crippen LogP contribution is -2.36. The van der Waals surface area contributed by atoms with E-state index in [-0.39, 0.29) is 12.5 Å². The number of rotatable bonds is 9. The van der Waals surface area contributed by atoms with E-state index in [2.05, 4.69) is 20.8 Å². The number of aryl methyl sites for hydroxylation is 1. The standard InChI is InChI=1S/C12H21N5O3/c1-17-9-15-16-10(17)8-14-12(20)13-7-5-3-2-4-6-11(18)19/h9H,2-8H2,1H3,(H,18,19)(H2,13,14,20). The first-order valence-electron chi connectivity index (χ1n) is 6.66. The van der Waals surface area contributed by atoms with E-state index in [1.165, 1.54) is 0 Å². The van der Waals surface area contributed by atoms with Crippen LogP contribution in [0.2, 0.25) is 0 Å². The first-order valence-corrected chi connectivity index (χ1v) is 6.66. The second-order valence-electron chi connectivity index (χ2n) is 4.53. The van der Waals surface area contributed by atoms with Crippen LogP contribution in [0.3, 0.4) is 0 Å². The summed E-state index contributed by atoms with van der Waals surface area (Å²) in [5, 5.41) is 21.5. The van der Waals surface area contributed by atoms with Gasteiger partial charge in [-0.3, -0.25) is 4.79 Å². The molecule has 0 saturated carbocycles. The van der Waals surface area contributed by atoms with E-state index in [0.29, 0.717) is 25.3 Å². The SMILES string of the molecule is Cn1cnnc1CNC(=O)NCCCCCCC(=O)O. The highest BCUT2D eigenvalue weighted by Crippen LogP contribution is 2.02. The highest BCUT2D eigenvalue weighted by molar-refractivity contribution is 5.73. The second-order valence-corrected chi connectivity index (χ2v) is 4.53. The Bertz CT molecular complexity index is 432. The minimum absolute atomic E-state index is 0.214. The number of hydrogen-bond acceptors (Lipinski definition) is 4. The number of aromatic nitrogens is 3. The number of carbonyl (C=O) groups is 2. The maximum atomic E-state index is 11.5. The summed E-state index contributed by atoms with van der Waals surface area (Å²) >= 11 is 0. The molecule has 2 amide bonds. The molecular formula is C12H21N5O3. The van der Waals surface area contributed by atoms with Crippen molar-refractivity contribution in [2.75, 3.05) is 6.54 Å². The molecule has 0 saturated heterocycles. The number of aliphatic carboxylic acids is 1. The average molecular weight is 283 g/mol. The zero-order valence-electron chi connectivity index (χ0n) is 11.6. The monoisotopic (exact) mass is 283 g/mol. The Balaban J connectivity index is 1.98. The molecule has 3 N–H and O–H groups in total. The van der Waals surface area contributed by atoms with Crippen LogP contribution in [0.15, 0.2) is 6.33 Å².